The number of carboxylic acids is 1. The van der Waals surface area contributed by atoms with Gasteiger partial charge in [-0.2, -0.15) is 0 Å². The number of ketones is 1. The van der Waals surface area contributed by atoms with E-state index in [9.17, 15) is 14.7 Å². The van der Waals surface area contributed by atoms with Crippen LogP contribution in [0.1, 0.15) is 85.7 Å². The molecule has 45 heavy (non-hydrogen) atoms. The molecule has 0 saturated carbocycles. The van der Waals surface area contributed by atoms with Crippen LogP contribution in [-0.2, 0) is 17.6 Å². The monoisotopic (exact) mass is 604 g/mol. The Balaban J connectivity index is 1.41. The number of aliphatic imine (C=N–C) groups is 1. The minimum absolute atomic E-state index is 0.0151. The van der Waals surface area contributed by atoms with Gasteiger partial charge < -0.3 is 14.7 Å². The van der Waals surface area contributed by atoms with Gasteiger partial charge in [0.2, 0.25) is 0 Å². The molecule has 0 aromatic heterocycles. The van der Waals surface area contributed by atoms with Crippen LogP contribution >= 0.6 is 0 Å². The Bertz CT molecular complexity index is 1510. The zero-order valence-corrected chi connectivity index (χ0v) is 26.8. The minimum Gasteiger partial charge on any atom is -0.481 e. The number of allylic oxidation sites excluding steroid dienone is 2. The van der Waals surface area contributed by atoms with Crippen molar-refractivity contribution in [1.29, 1.82) is 0 Å². The first-order valence-electron chi connectivity index (χ1n) is 16.0. The number of benzene rings is 3. The number of carbonyl (C=O) groups is 2. The van der Waals surface area contributed by atoms with Crippen LogP contribution in [0.3, 0.4) is 0 Å². The van der Waals surface area contributed by atoms with E-state index in [-0.39, 0.29) is 18.3 Å². The highest BCUT2D eigenvalue weighted by Crippen LogP contribution is 2.39. The summed E-state index contributed by atoms with van der Waals surface area (Å²) in [6, 6.07) is 24.6. The second-order valence-electron chi connectivity index (χ2n) is 13.0. The summed E-state index contributed by atoms with van der Waals surface area (Å²) in [5.41, 5.74) is 4.90. The average molecular weight is 605 g/mol. The summed E-state index contributed by atoms with van der Waals surface area (Å²) in [5.74, 6) is 0.799. The van der Waals surface area contributed by atoms with Gasteiger partial charge in [-0.25, -0.2) is 0 Å². The largest absolute Gasteiger partial charge is 0.481 e. The molecule has 2 heterocycles. The lowest BCUT2D eigenvalue weighted by Crippen LogP contribution is -2.41. The molecule has 234 valence electrons. The van der Waals surface area contributed by atoms with Gasteiger partial charge >= 0.3 is 5.97 Å². The van der Waals surface area contributed by atoms with Gasteiger partial charge in [-0.1, -0.05) is 88.4 Å². The predicted octanol–water partition coefficient (Wildman–Crippen LogP) is 8.23. The van der Waals surface area contributed by atoms with Crippen LogP contribution in [0, 0.1) is 11.8 Å². The van der Waals surface area contributed by atoms with Crippen molar-refractivity contribution in [3.8, 4) is 5.75 Å². The third-order valence-corrected chi connectivity index (χ3v) is 8.37. The highest BCUT2D eigenvalue weighted by atomic mass is 16.5. The molecule has 6 heteroatoms. The van der Waals surface area contributed by atoms with Gasteiger partial charge in [0.05, 0.1) is 12.0 Å². The first-order chi connectivity index (χ1) is 21.6. The number of ether oxygens (including phenoxy) is 1. The molecule has 0 saturated heterocycles. The molecular formula is C39H44N2O4. The molecule has 1 N–H and O–H groups in total. The van der Waals surface area contributed by atoms with Crippen molar-refractivity contribution in [3.63, 3.8) is 0 Å². The van der Waals surface area contributed by atoms with E-state index >= 15 is 0 Å². The molecule has 0 fully saturated rings. The lowest BCUT2D eigenvalue weighted by Gasteiger charge is -2.31. The second-order valence-corrected chi connectivity index (χ2v) is 13.0. The SMILES string of the molecule is CC(C)Cc1ccc(C(Oc2ccc(C(=O)C3(CCCC(=O)O)N=CN4CC=CC=C43)cc2)c2ccc(CC(C)C)cc2)cc1. The van der Waals surface area contributed by atoms with Crippen molar-refractivity contribution in [2.45, 2.75) is 71.4 Å². The third-order valence-electron chi connectivity index (χ3n) is 8.37. The van der Waals surface area contributed by atoms with E-state index in [1.807, 2.05) is 35.3 Å². The Morgan fingerprint density at radius 3 is 1.98 bits per heavy atom. The first-order valence-corrected chi connectivity index (χ1v) is 16.0. The summed E-state index contributed by atoms with van der Waals surface area (Å²) in [6.45, 7) is 9.53. The number of carboxylic acid groups (broad SMARTS) is 1. The molecule has 3 aromatic carbocycles. The van der Waals surface area contributed by atoms with Crippen molar-refractivity contribution >= 4 is 18.1 Å². The number of rotatable bonds is 14. The number of hydrogen-bond acceptors (Lipinski definition) is 5. The Morgan fingerprint density at radius 1 is 0.867 bits per heavy atom. The Labute approximate surface area is 267 Å². The van der Waals surface area contributed by atoms with Gasteiger partial charge in [0.1, 0.15) is 11.9 Å². The van der Waals surface area contributed by atoms with Crippen molar-refractivity contribution in [2.75, 3.05) is 6.54 Å². The minimum atomic E-state index is -1.14. The summed E-state index contributed by atoms with van der Waals surface area (Å²) in [4.78, 5) is 32.0. The molecular weight excluding hydrogens is 560 g/mol. The van der Waals surface area contributed by atoms with Crippen LogP contribution in [0.15, 0.2) is 102 Å². The fourth-order valence-corrected chi connectivity index (χ4v) is 6.21. The lowest BCUT2D eigenvalue weighted by molar-refractivity contribution is -0.137. The first kappa shape index (κ1) is 32.0. The highest BCUT2D eigenvalue weighted by Gasteiger charge is 2.47. The van der Waals surface area contributed by atoms with Gasteiger partial charge in [0.15, 0.2) is 11.3 Å². The van der Waals surface area contributed by atoms with Gasteiger partial charge in [0.25, 0.3) is 0 Å². The fraction of sp³-hybridized carbons (Fsp3) is 0.359. The second kappa shape index (κ2) is 14.1. The number of hydrogen-bond donors (Lipinski definition) is 1. The molecule has 6 nitrogen and oxygen atoms in total. The summed E-state index contributed by atoms with van der Waals surface area (Å²) < 4.78 is 6.66. The van der Waals surface area contributed by atoms with E-state index < -0.39 is 11.5 Å². The van der Waals surface area contributed by atoms with E-state index in [4.69, 9.17) is 9.73 Å². The van der Waals surface area contributed by atoms with Crippen molar-refractivity contribution in [1.82, 2.24) is 4.90 Å². The number of fused-ring (bicyclic) bond motifs is 1. The Morgan fingerprint density at radius 2 is 1.44 bits per heavy atom. The molecule has 5 rings (SSSR count). The maximum absolute atomic E-state index is 14.1. The quantitative estimate of drug-likeness (QED) is 0.188. The van der Waals surface area contributed by atoms with Crippen molar-refractivity contribution in [2.24, 2.45) is 16.8 Å². The fourth-order valence-electron chi connectivity index (χ4n) is 6.21. The van der Waals surface area contributed by atoms with Crippen LogP contribution in [0.25, 0.3) is 0 Å². The molecule has 0 radical (unpaired) electrons. The Hall–Kier alpha value is -4.45. The van der Waals surface area contributed by atoms with E-state index in [1.165, 1.54) is 11.1 Å². The van der Waals surface area contributed by atoms with Gasteiger partial charge in [-0.3, -0.25) is 14.6 Å². The van der Waals surface area contributed by atoms with Crippen LogP contribution in [-0.4, -0.2) is 40.2 Å². The highest BCUT2D eigenvalue weighted by molar-refractivity contribution is 6.07. The summed E-state index contributed by atoms with van der Waals surface area (Å²) in [6.07, 6.45) is 9.95. The molecule has 0 spiro atoms. The van der Waals surface area contributed by atoms with Crippen LogP contribution in [0.5, 0.6) is 5.75 Å². The maximum atomic E-state index is 14.1. The summed E-state index contributed by atoms with van der Waals surface area (Å²) in [5, 5.41) is 9.25. The molecule has 0 aliphatic carbocycles. The van der Waals surface area contributed by atoms with E-state index in [0.717, 1.165) is 29.7 Å². The lowest BCUT2D eigenvalue weighted by atomic mass is 9.81. The van der Waals surface area contributed by atoms with Crippen LogP contribution in [0.4, 0.5) is 0 Å². The van der Waals surface area contributed by atoms with E-state index in [1.54, 1.807) is 18.5 Å². The van der Waals surface area contributed by atoms with E-state index in [2.05, 4.69) is 76.2 Å². The summed E-state index contributed by atoms with van der Waals surface area (Å²) >= 11 is 0. The Kier molecular flexibility index (Phi) is 10.0. The number of aliphatic carboxylic acids is 1. The summed E-state index contributed by atoms with van der Waals surface area (Å²) in [7, 11) is 0. The van der Waals surface area contributed by atoms with Gasteiger partial charge in [-0.15, -0.1) is 0 Å². The zero-order chi connectivity index (χ0) is 32.0. The molecule has 0 bridgehead atoms. The normalized spacial score (nSPS) is 17.2. The van der Waals surface area contributed by atoms with Crippen molar-refractivity contribution < 1.29 is 19.4 Å². The van der Waals surface area contributed by atoms with E-state index in [0.29, 0.717) is 42.5 Å². The molecule has 0 amide bonds. The molecule has 2 aliphatic rings. The smallest absolute Gasteiger partial charge is 0.303 e. The maximum Gasteiger partial charge on any atom is 0.303 e. The van der Waals surface area contributed by atoms with Crippen LogP contribution in [0.2, 0.25) is 0 Å². The molecule has 1 atom stereocenters. The van der Waals surface area contributed by atoms with Gasteiger partial charge in [0, 0.05) is 18.5 Å². The predicted molar refractivity (Wildman–Crippen MR) is 180 cm³/mol. The zero-order valence-electron chi connectivity index (χ0n) is 26.8. The molecule has 2 aliphatic heterocycles. The standard InChI is InChI=1S/C39H44N2O4/c1-27(2)24-29-10-14-31(15-11-29)37(32-16-12-30(13-17-32)25-28(3)4)45-34-20-18-33(19-21-34)38(44)39(22-7-9-36(42)43)35-8-5-6-23-41(35)26-40-39/h5-6,8,10-21,26-28,37H,7,9,22-25H2,1-4H3,(H,42,43). The van der Waals surface area contributed by atoms with Crippen molar-refractivity contribution in [3.05, 3.63) is 125 Å². The third kappa shape index (κ3) is 7.62. The number of carbonyl (C=O) groups excluding carboxylic acids is 1. The molecule has 3 aromatic rings. The number of nitrogens with zero attached hydrogens (tertiary/aromatic N) is 2. The van der Waals surface area contributed by atoms with Gasteiger partial charge in [-0.05, 0) is 90.1 Å². The number of Topliss-reactive ketones (excluding diaryl/α,β-unsaturated/α-hetero) is 1. The molecule has 1 unspecified atom stereocenters. The average Bonchev–Trinajstić information content (AvgIpc) is 3.40. The van der Waals surface area contributed by atoms with Crippen LogP contribution < -0.4 is 4.74 Å². The topological polar surface area (TPSA) is 79.2 Å².